The summed E-state index contributed by atoms with van der Waals surface area (Å²) in [6.07, 6.45) is 4.29. The first kappa shape index (κ1) is 17.4. The summed E-state index contributed by atoms with van der Waals surface area (Å²) < 4.78 is 8.68. The van der Waals surface area contributed by atoms with Gasteiger partial charge in [-0.25, -0.2) is 4.68 Å². The first-order valence-corrected chi connectivity index (χ1v) is 10.1. The minimum atomic E-state index is 0.818. The predicted octanol–water partition coefficient (Wildman–Crippen LogP) is 4.82. The predicted molar refractivity (Wildman–Crippen MR) is 114 cm³/mol. The van der Waals surface area contributed by atoms with Gasteiger partial charge in [-0.15, -0.1) is 0 Å². The van der Waals surface area contributed by atoms with E-state index in [-0.39, 0.29) is 0 Å². The van der Waals surface area contributed by atoms with Gasteiger partial charge in [0.2, 0.25) is 0 Å². The van der Waals surface area contributed by atoms with Gasteiger partial charge in [0, 0.05) is 22.1 Å². The number of benzene rings is 2. The van der Waals surface area contributed by atoms with Gasteiger partial charge in [-0.05, 0) is 83.8 Å². The van der Waals surface area contributed by atoms with E-state index in [4.69, 9.17) is 9.84 Å². The molecule has 0 radical (unpaired) electrons. The van der Waals surface area contributed by atoms with Crippen molar-refractivity contribution in [2.45, 2.75) is 25.7 Å². The summed E-state index contributed by atoms with van der Waals surface area (Å²) in [5, 5.41) is 8.60. The van der Waals surface area contributed by atoms with Gasteiger partial charge in [0.05, 0.1) is 18.5 Å². The molecule has 5 heteroatoms. The molecule has 2 aromatic carbocycles. The second-order valence-electron chi connectivity index (χ2n) is 6.57. The monoisotopic (exact) mass is 459 g/mol. The van der Waals surface area contributed by atoms with Crippen LogP contribution in [0.15, 0.2) is 48.5 Å². The number of anilines is 1. The zero-order valence-electron chi connectivity index (χ0n) is 14.8. The van der Waals surface area contributed by atoms with Crippen LogP contribution in [-0.4, -0.2) is 23.4 Å². The van der Waals surface area contributed by atoms with Gasteiger partial charge in [-0.2, -0.15) is 5.10 Å². The summed E-state index contributed by atoms with van der Waals surface area (Å²) in [5.74, 6) is 2.05. The number of methoxy groups -OCH3 is 1. The van der Waals surface area contributed by atoms with Crippen molar-refractivity contribution in [3.63, 3.8) is 0 Å². The van der Waals surface area contributed by atoms with Gasteiger partial charge in [-0.1, -0.05) is 12.1 Å². The van der Waals surface area contributed by atoms with Gasteiger partial charge in [0.25, 0.3) is 0 Å². The first-order chi connectivity index (χ1) is 12.7. The van der Waals surface area contributed by atoms with Crippen LogP contribution >= 0.6 is 22.6 Å². The van der Waals surface area contributed by atoms with Crippen molar-refractivity contribution in [3.8, 4) is 11.4 Å². The standard InChI is InChI=1S/C21H22IN3O/c1-26-18-6-4-5-15(13-18)14-20-19-7-2-3-12-23-21(19)25(24-20)17-10-8-16(22)9-11-17/h4-6,8-11,13,23H,2-3,7,12,14H2,1H3. The van der Waals surface area contributed by atoms with Gasteiger partial charge < -0.3 is 10.1 Å². The Morgan fingerprint density at radius 3 is 2.81 bits per heavy atom. The van der Waals surface area contributed by atoms with E-state index in [1.165, 1.54) is 27.5 Å². The number of ether oxygens (including phenoxy) is 1. The van der Waals surface area contributed by atoms with Crippen molar-refractivity contribution in [1.29, 1.82) is 0 Å². The molecule has 0 saturated heterocycles. The lowest BCUT2D eigenvalue weighted by atomic mass is 10.0. The van der Waals surface area contributed by atoms with E-state index in [2.05, 4.69) is 69.0 Å². The fourth-order valence-electron chi connectivity index (χ4n) is 3.46. The molecule has 0 atom stereocenters. The number of hydrogen-bond acceptors (Lipinski definition) is 3. The van der Waals surface area contributed by atoms with Crippen molar-refractivity contribution in [2.75, 3.05) is 19.0 Å². The van der Waals surface area contributed by atoms with E-state index in [1.54, 1.807) is 7.11 Å². The molecule has 4 nitrogen and oxygen atoms in total. The van der Waals surface area contributed by atoms with E-state index < -0.39 is 0 Å². The topological polar surface area (TPSA) is 39.1 Å². The molecule has 3 aromatic rings. The van der Waals surface area contributed by atoms with E-state index in [9.17, 15) is 0 Å². The van der Waals surface area contributed by atoms with E-state index in [0.29, 0.717) is 0 Å². The Bertz CT molecular complexity index is 902. The van der Waals surface area contributed by atoms with Crippen LogP contribution in [0.2, 0.25) is 0 Å². The Hall–Kier alpha value is -2.02. The highest BCUT2D eigenvalue weighted by atomic mass is 127. The third-order valence-corrected chi connectivity index (χ3v) is 5.51. The van der Waals surface area contributed by atoms with Crippen LogP contribution in [0.1, 0.15) is 29.7 Å². The molecular formula is C21H22IN3O. The van der Waals surface area contributed by atoms with Gasteiger partial charge in [0.15, 0.2) is 0 Å². The van der Waals surface area contributed by atoms with Crippen molar-refractivity contribution in [3.05, 3.63) is 68.9 Å². The van der Waals surface area contributed by atoms with Crippen LogP contribution in [0.25, 0.3) is 5.69 Å². The summed E-state index contributed by atoms with van der Waals surface area (Å²) in [7, 11) is 1.71. The molecule has 134 valence electrons. The second kappa shape index (κ2) is 7.70. The highest BCUT2D eigenvalue weighted by Gasteiger charge is 2.20. The third kappa shape index (κ3) is 3.58. The molecule has 1 aromatic heterocycles. The Labute approximate surface area is 167 Å². The molecule has 0 aliphatic carbocycles. The Morgan fingerprint density at radius 2 is 2.00 bits per heavy atom. The summed E-state index contributed by atoms with van der Waals surface area (Å²) >= 11 is 2.34. The second-order valence-corrected chi connectivity index (χ2v) is 7.82. The maximum atomic E-state index is 5.37. The SMILES string of the molecule is COc1cccc(Cc2nn(-c3ccc(I)cc3)c3c2CCCCN3)c1. The van der Waals surface area contributed by atoms with Crippen molar-refractivity contribution >= 4 is 28.4 Å². The average Bonchev–Trinajstić information content (AvgIpc) is 2.84. The fraction of sp³-hybridized carbons (Fsp3) is 0.286. The normalized spacial score (nSPS) is 13.6. The highest BCUT2D eigenvalue weighted by molar-refractivity contribution is 14.1. The van der Waals surface area contributed by atoms with Crippen LogP contribution in [0, 0.1) is 3.57 Å². The van der Waals surface area contributed by atoms with Crippen LogP contribution in [0.5, 0.6) is 5.75 Å². The van der Waals surface area contributed by atoms with Crippen LogP contribution in [0.3, 0.4) is 0 Å². The molecule has 0 saturated carbocycles. The van der Waals surface area contributed by atoms with E-state index in [0.717, 1.165) is 42.3 Å². The fourth-order valence-corrected chi connectivity index (χ4v) is 3.82. The summed E-state index contributed by atoms with van der Waals surface area (Å²) in [6, 6.07) is 16.8. The van der Waals surface area contributed by atoms with Crippen molar-refractivity contribution < 1.29 is 4.74 Å². The minimum absolute atomic E-state index is 0.818. The van der Waals surface area contributed by atoms with Gasteiger partial charge in [-0.3, -0.25) is 0 Å². The van der Waals surface area contributed by atoms with Gasteiger partial charge >= 0.3 is 0 Å². The lowest BCUT2D eigenvalue weighted by Gasteiger charge is -2.09. The van der Waals surface area contributed by atoms with Crippen LogP contribution < -0.4 is 10.1 Å². The molecule has 1 N–H and O–H groups in total. The average molecular weight is 459 g/mol. The number of fused-ring (bicyclic) bond motifs is 1. The minimum Gasteiger partial charge on any atom is -0.497 e. The molecule has 0 fully saturated rings. The zero-order chi connectivity index (χ0) is 17.9. The molecule has 0 amide bonds. The molecule has 1 aliphatic heterocycles. The summed E-state index contributed by atoms with van der Waals surface area (Å²) in [6.45, 7) is 1.00. The lowest BCUT2D eigenvalue weighted by molar-refractivity contribution is 0.414. The van der Waals surface area contributed by atoms with Gasteiger partial charge in [0.1, 0.15) is 11.6 Å². The van der Waals surface area contributed by atoms with E-state index >= 15 is 0 Å². The number of nitrogens with zero attached hydrogens (tertiary/aromatic N) is 2. The smallest absolute Gasteiger partial charge is 0.133 e. The molecule has 2 heterocycles. The molecule has 1 aliphatic rings. The number of hydrogen-bond donors (Lipinski definition) is 1. The maximum absolute atomic E-state index is 5.37. The van der Waals surface area contributed by atoms with Crippen molar-refractivity contribution in [1.82, 2.24) is 9.78 Å². The molecule has 0 bridgehead atoms. The quantitative estimate of drug-likeness (QED) is 0.569. The number of halogens is 1. The maximum Gasteiger partial charge on any atom is 0.133 e. The largest absolute Gasteiger partial charge is 0.497 e. The third-order valence-electron chi connectivity index (χ3n) is 4.79. The molecule has 0 spiro atoms. The zero-order valence-corrected chi connectivity index (χ0v) is 17.0. The molecule has 0 unspecified atom stereocenters. The lowest BCUT2D eigenvalue weighted by Crippen LogP contribution is -2.07. The summed E-state index contributed by atoms with van der Waals surface area (Å²) in [5.41, 5.74) is 4.83. The van der Waals surface area contributed by atoms with Crippen molar-refractivity contribution in [2.24, 2.45) is 0 Å². The molecular weight excluding hydrogens is 437 g/mol. The van der Waals surface area contributed by atoms with Crippen LogP contribution in [-0.2, 0) is 12.8 Å². The Balaban J connectivity index is 1.75. The Morgan fingerprint density at radius 1 is 1.15 bits per heavy atom. The summed E-state index contributed by atoms with van der Waals surface area (Å²) in [4.78, 5) is 0. The first-order valence-electron chi connectivity index (χ1n) is 8.98. The number of nitrogens with one attached hydrogen (secondary N) is 1. The Kier molecular flexibility index (Phi) is 5.15. The van der Waals surface area contributed by atoms with E-state index in [1.807, 2.05) is 12.1 Å². The molecule has 26 heavy (non-hydrogen) atoms. The number of rotatable bonds is 4. The molecule has 4 rings (SSSR count). The van der Waals surface area contributed by atoms with Crippen LogP contribution in [0.4, 0.5) is 5.82 Å². The number of aromatic nitrogens is 2. The highest BCUT2D eigenvalue weighted by Crippen LogP contribution is 2.30.